The fraction of sp³-hybridized carbons (Fsp3) is 1.00. The Bertz CT molecular complexity index is 201. The van der Waals surface area contributed by atoms with Gasteiger partial charge in [-0.15, -0.1) is 0 Å². The highest BCUT2D eigenvalue weighted by Gasteiger charge is 2.44. The second-order valence-electron chi connectivity index (χ2n) is 5.76. The van der Waals surface area contributed by atoms with Gasteiger partial charge in [-0.05, 0) is 70.5 Å². The van der Waals surface area contributed by atoms with Crippen molar-refractivity contribution in [3.63, 3.8) is 0 Å². The van der Waals surface area contributed by atoms with Crippen LogP contribution in [0.4, 0.5) is 0 Å². The fourth-order valence-corrected chi connectivity index (χ4v) is 3.34. The molecule has 1 aliphatic heterocycles. The smallest absolute Gasteiger partial charge is 0.0152 e. The molecule has 0 radical (unpaired) electrons. The van der Waals surface area contributed by atoms with Gasteiger partial charge in [0.15, 0.2) is 0 Å². The van der Waals surface area contributed by atoms with Crippen LogP contribution in [0.5, 0.6) is 0 Å². The van der Waals surface area contributed by atoms with Crippen molar-refractivity contribution in [3.8, 4) is 0 Å². The van der Waals surface area contributed by atoms with Crippen LogP contribution in [0.1, 0.15) is 38.5 Å². The monoisotopic (exact) mass is 208 g/mol. The number of hydrogen-bond donors (Lipinski definition) is 1. The molecule has 2 aliphatic carbocycles. The molecule has 3 fully saturated rings. The summed E-state index contributed by atoms with van der Waals surface area (Å²) < 4.78 is 0. The summed E-state index contributed by atoms with van der Waals surface area (Å²) >= 11 is 0. The van der Waals surface area contributed by atoms with E-state index in [-0.39, 0.29) is 0 Å². The van der Waals surface area contributed by atoms with E-state index in [2.05, 4.69) is 17.3 Å². The Labute approximate surface area is 93.4 Å². The molecule has 2 saturated carbocycles. The maximum atomic E-state index is 3.43. The highest BCUT2D eigenvalue weighted by molar-refractivity contribution is 4.98. The van der Waals surface area contributed by atoms with Crippen LogP contribution < -0.4 is 5.32 Å². The van der Waals surface area contributed by atoms with E-state index in [1.807, 2.05) is 0 Å². The van der Waals surface area contributed by atoms with E-state index < -0.39 is 0 Å². The van der Waals surface area contributed by atoms with E-state index in [1.54, 1.807) is 0 Å². The Morgan fingerprint density at radius 1 is 0.933 bits per heavy atom. The standard InChI is InChI=1S/C13H24N2/c1-14-12-6-8-15(9-7-12)13(10-2-3-10)11-4-5-11/h10-14H,2-9H2,1H3. The van der Waals surface area contributed by atoms with Gasteiger partial charge in [-0.2, -0.15) is 0 Å². The van der Waals surface area contributed by atoms with Crippen molar-refractivity contribution in [1.82, 2.24) is 10.2 Å². The van der Waals surface area contributed by atoms with Crippen molar-refractivity contribution in [2.24, 2.45) is 11.8 Å². The van der Waals surface area contributed by atoms with E-state index in [1.165, 1.54) is 51.6 Å². The zero-order chi connectivity index (χ0) is 10.3. The van der Waals surface area contributed by atoms with E-state index in [4.69, 9.17) is 0 Å². The molecule has 0 atom stereocenters. The Kier molecular flexibility index (Phi) is 2.73. The molecular weight excluding hydrogens is 184 g/mol. The lowest BCUT2D eigenvalue weighted by Gasteiger charge is -2.38. The molecule has 15 heavy (non-hydrogen) atoms. The van der Waals surface area contributed by atoms with Crippen molar-refractivity contribution < 1.29 is 0 Å². The summed E-state index contributed by atoms with van der Waals surface area (Å²) in [6, 6.07) is 1.78. The Morgan fingerprint density at radius 3 is 1.87 bits per heavy atom. The molecule has 1 saturated heterocycles. The second-order valence-corrected chi connectivity index (χ2v) is 5.76. The molecule has 1 N–H and O–H groups in total. The zero-order valence-electron chi connectivity index (χ0n) is 9.91. The van der Waals surface area contributed by atoms with Crippen molar-refractivity contribution in [1.29, 1.82) is 0 Å². The van der Waals surface area contributed by atoms with Gasteiger partial charge in [0.1, 0.15) is 0 Å². The predicted molar refractivity (Wildman–Crippen MR) is 62.9 cm³/mol. The van der Waals surface area contributed by atoms with Gasteiger partial charge in [0.25, 0.3) is 0 Å². The molecule has 0 unspecified atom stereocenters. The number of piperidine rings is 1. The van der Waals surface area contributed by atoms with Crippen LogP contribution in [0, 0.1) is 11.8 Å². The molecule has 0 bridgehead atoms. The third kappa shape index (κ3) is 2.21. The lowest BCUT2D eigenvalue weighted by molar-refractivity contribution is 0.116. The molecular formula is C13H24N2. The molecule has 3 aliphatic rings. The SMILES string of the molecule is CNC1CCN(C(C2CC2)C2CC2)CC1. The first-order valence-corrected chi connectivity index (χ1v) is 6.80. The maximum Gasteiger partial charge on any atom is 0.0152 e. The van der Waals surface area contributed by atoms with Crippen molar-refractivity contribution in [2.45, 2.75) is 50.6 Å². The molecule has 86 valence electrons. The van der Waals surface area contributed by atoms with E-state index in [0.717, 1.165) is 23.9 Å². The lowest BCUT2D eigenvalue weighted by atomic mass is 9.99. The number of rotatable bonds is 4. The van der Waals surface area contributed by atoms with E-state index >= 15 is 0 Å². The van der Waals surface area contributed by atoms with E-state index in [9.17, 15) is 0 Å². The third-order valence-corrected chi connectivity index (χ3v) is 4.57. The third-order valence-electron chi connectivity index (χ3n) is 4.57. The highest BCUT2D eigenvalue weighted by atomic mass is 15.2. The second kappa shape index (κ2) is 4.06. The minimum atomic E-state index is 0.792. The summed E-state index contributed by atoms with van der Waals surface area (Å²) in [6.45, 7) is 2.70. The summed E-state index contributed by atoms with van der Waals surface area (Å²) in [5, 5.41) is 3.43. The molecule has 0 aromatic carbocycles. The van der Waals surface area contributed by atoms with Gasteiger partial charge in [-0.1, -0.05) is 0 Å². The summed E-state index contributed by atoms with van der Waals surface area (Å²) in [5.41, 5.74) is 0. The summed E-state index contributed by atoms with van der Waals surface area (Å²) in [7, 11) is 2.11. The Hall–Kier alpha value is -0.0800. The first-order valence-electron chi connectivity index (χ1n) is 6.80. The number of likely N-dealkylation sites (tertiary alicyclic amines) is 1. The molecule has 0 spiro atoms. The molecule has 0 amide bonds. The first-order chi connectivity index (χ1) is 7.38. The minimum Gasteiger partial charge on any atom is -0.317 e. The topological polar surface area (TPSA) is 15.3 Å². The van der Waals surface area contributed by atoms with Crippen molar-refractivity contribution >= 4 is 0 Å². The van der Waals surface area contributed by atoms with Gasteiger partial charge in [0.05, 0.1) is 0 Å². The van der Waals surface area contributed by atoms with Crippen LogP contribution in [0.25, 0.3) is 0 Å². The van der Waals surface area contributed by atoms with Crippen LogP contribution in [-0.4, -0.2) is 37.1 Å². The van der Waals surface area contributed by atoms with Crippen molar-refractivity contribution in [3.05, 3.63) is 0 Å². The Morgan fingerprint density at radius 2 is 1.47 bits per heavy atom. The van der Waals surface area contributed by atoms with Gasteiger partial charge in [-0.25, -0.2) is 0 Å². The number of nitrogens with one attached hydrogen (secondary N) is 1. The van der Waals surface area contributed by atoms with E-state index in [0.29, 0.717) is 0 Å². The maximum absolute atomic E-state index is 3.43. The molecule has 2 nitrogen and oxygen atoms in total. The van der Waals surface area contributed by atoms with Gasteiger partial charge in [0.2, 0.25) is 0 Å². The number of nitrogens with zero attached hydrogens (tertiary/aromatic N) is 1. The molecule has 2 heteroatoms. The first kappa shape index (κ1) is 10.1. The Balaban J connectivity index is 1.56. The zero-order valence-corrected chi connectivity index (χ0v) is 9.91. The molecule has 0 aromatic heterocycles. The highest BCUT2D eigenvalue weighted by Crippen LogP contribution is 2.47. The fourth-order valence-electron chi connectivity index (χ4n) is 3.34. The van der Waals surface area contributed by atoms with Crippen LogP contribution in [0.3, 0.4) is 0 Å². The number of hydrogen-bond acceptors (Lipinski definition) is 2. The molecule has 1 heterocycles. The summed E-state index contributed by atoms with van der Waals surface area (Å²) in [6.07, 6.45) is 8.82. The molecule has 0 aromatic rings. The van der Waals surface area contributed by atoms with Gasteiger partial charge < -0.3 is 5.32 Å². The lowest BCUT2D eigenvalue weighted by Crippen LogP contribution is -2.47. The normalized spacial score (nSPS) is 30.0. The summed E-state index contributed by atoms with van der Waals surface area (Å²) in [5.74, 6) is 2.17. The average Bonchev–Trinajstić information content (AvgIpc) is 3.14. The largest absolute Gasteiger partial charge is 0.317 e. The minimum absolute atomic E-state index is 0.792. The van der Waals surface area contributed by atoms with Crippen molar-refractivity contribution in [2.75, 3.05) is 20.1 Å². The van der Waals surface area contributed by atoms with Crippen LogP contribution in [-0.2, 0) is 0 Å². The van der Waals surface area contributed by atoms with Gasteiger partial charge >= 0.3 is 0 Å². The van der Waals surface area contributed by atoms with Gasteiger partial charge in [-0.3, -0.25) is 4.90 Å². The summed E-state index contributed by atoms with van der Waals surface area (Å²) in [4.78, 5) is 2.82. The van der Waals surface area contributed by atoms with Crippen LogP contribution in [0.2, 0.25) is 0 Å². The molecule has 3 rings (SSSR count). The van der Waals surface area contributed by atoms with Crippen LogP contribution >= 0.6 is 0 Å². The average molecular weight is 208 g/mol. The van der Waals surface area contributed by atoms with Crippen LogP contribution in [0.15, 0.2) is 0 Å². The van der Waals surface area contributed by atoms with Gasteiger partial charge in [0, 0.05) is 12.1 Å². The predicted octanol–water partition coefficient (Wildman–Crippen LogP) is 1.86. The quantitative estimate of drug-likeness (QED) is 0.758.